The monoisotopic (exact) mass is 386 g/mol. The van der Waals surface area contributed by atoms with E-state index in [1.807, 2.05) is 0 Å². The molecule has 2 aliphatic carbocycles. The summed E-state index contributed by atoms with van der Waals surface area (Å²) in [6.45, 7) is 4.67. The van der Waals surface area contributed by atoms with Crippen molar-refractivity contribution in [2.45, 2.75) is 52.4 Å². The van der Waals surface area contributed by atoms with Crippen LogP contribution in [0.4, 0.5) is 0 Å². The maximum atomic E-state index is 4.93. The van der Waals surface area contributed by atoms with Crippen molar-refractivity contribution < 1.29 is 20.8 Å². The summed E-state index contributed by atoms with van der Waals surface area (Å²) in [6, 6.07) is 4.99. The van der Waals surface area contributed by atoms with E-state index in [0.29, 0.717) is 0 Å². The zero-order chi connectivity index (χ0) is 14.5. The maximum absolute atomic E-state index is 4.93. The molecule has 0 heterocycles. The average molecular weight is 388 g/mol. The molecule has 3 rings (SSSR count). The van der Waals surface area contributed by atoms with Crippen LogP contribution < -0.4 is 0 Å². The summed E-state index contributed by atoms with van der Waals surface area (Å²) in [5.74, 6) is 0.737. The number of fused-ring (bicyclic) bond motifs is 2. The molecular formula is C17H22Cl2Zr. The van der Waals surface area contributed by atoms with E-state index in [1.54, 1.807) is 27.8 Å². The van der Waals surface area contributed by atoms with Crippen molar-refractivity contribution in [1.29, 1.82) is 0 Å². The number of benzene rings is 1. The third-order valence-electron chi connectivity index (χ3n) is 4.42. The van der Waals surface area contributed by atoms with E-state index in [-0.39, 0.29) is 0 Å². The Morgan fingerprint density at radius 2 is 1.80 bits per heavy atom. The second kappa shape index (κ2) is 8.16. The van der Waals surface area contributed by atoms with Crippen molar-refractivity contribution in [3.05, 3.63) is 40.5 Å². The molecule has 0 N–H and O–H groups in total. The summed E-state index contributed by atoms with van der Waals surface area (Å²) in [5, 5.41) is 0. The quantitative estimate of drug-likeness (QED) is 0.602. The van der Waals surface area contributed by atoms with Crippen molar-refractivity contribution in [2.75, 3.05) is 0 Å². The Labute approximate surface area is 141 Å². The number of halogens is 2. The molecule has 3 heteroatoms. The SMILES string of the molecule is CCCC(C)C1=CCc2cc3c(cc21)CCC3.[Cl][Zr][Cl]. The third kappa shape index (κ3) is 3.79. The van der Waals surface area contributed by atoms with Crippen LogP contribution in [-0.2, 0) is 40.1 Å². The summed E-state index contributed by atoms with van der Waals surface area (Å²) in [4.78, 5) is 0. The third-order valence-corrected chi connectivity index (χ3v) is 4.42. The fourth-order valence-corrected chi connectivity index (χ4v) is 3.50. The van der Waals surface area contributed by atoms with Gasteiger partial charge < -0.3 is 0 Å². The summed E-state index contributed by atoms with van der Waals surface area (Å²) >= 11 is -0.826. The summed E-state index contributed by atoms with van der Waals surface area (Å²) in [7, 11) is 9.87. The van der Waals surface area contributed by atoms with E-state index in [1.165, 1.54) is 38.5 Å². The fourth-order valence-electron chi connectivity index (χ4n) is 3.50. The van der Waals surface area contributed by atoms with Gasteiger partial charge in [-0.2, -0.15) is 0 Å². The number of rotatable bonds is 3. The molecule has 0 saturated heterocycles. The predicted octanol–water partition coefficient (Wildman–Crippen LogP) is 5.93. The first-order valence-electron chi connectivity index (χ1n) is 7.52. The average Bonchev–Trinajstić information content (AvgIpc) is 3.02. The van der Waals surface area contributed by atoms with Gasteiger partial charge in [0.2, 0.25) is 0 Å². The Balaban J connectivity index is 0.000000452. The number of hydrogen-bond acceptors (Lipinski definition) is 0. The molecule has 20 heavy (non-hydrogen) atoms. The van der Waals surface area contributed by atoms with Gasteiger partial charge in [-0.05, 0) is 65.8 Å². The van der Waals surface area contributed by atoms with E-state index in [4.69, 9.17) is 17.0 Å². The Kier molecular flexibility index (Phi) is 6.85. The Morgan fingerprint density at radius 1 is 1.15 bits per heavy atom. The zero-order valence-electron chi connectivity index (χ0n) is 12.3. The van der Waals surface area contributed by atoms with Crippen LogP contribution in [0.2, 0.25) is 0 Å². The van der Waals surface area contributed by atoms with Crippen LogP contribution in [0.1, 0.15) is 55.4 Å². The molecule has 0 amide bonds. The van der Waals surface area contributed by atoms with Gasteiger partial charge in [-0.25, -0.2) is 0 Å². The molecule has 1 aromatic carbocycles. The van der Waals surface area contributed by atoms with E-state index in [0.717, 1.165) is 5.92 Å². The van der Waals surface area contributed by atoms with Crippen LogP contribution in [0, 0.1) is 5.92 Å². The molecular weight excluding hydrogens is 366 g/mol. The van der Waals surface area contributed by atoms with Crippen LogP contribution in [0.25, 0.3) is 5.57 Å². The van der Waals surface area contributed by atoms with E-state index < -0.39 is 20.8 Å². The molecule has 0 radical (unpaired) electrons. The number of hydrogen-bond donors (Lipinski definition) is 0. The van der Waals surface area contributed by atoms with Crippen LogP contribution in [0.5, 0.6) is 0 Å². The normalized spacial score (nSPS) is 16.7. The summed E-state index contributed by atoms with van der Waals surface area (Å²) in [6.07, 6.45) is 10.2. The zero-order valence-corrected chi connectivity index (χ0v) is 16.3. The summed E-state index contributed by atoms with van der Waals surface area (Å²) < 4.78 is 0. The Morgan fingerprint density at radius 3 is 2.45 bits per heavy atom. The van der Waals surface area contributed by atoms with Gasteiger partial charge in [-0.15, -0.1) is 0 Å². The summed E-state index contributed by atoms with van der Waals surface area (Å²) in [5.41, 5.74) is 8.04. The second-order valence-electron chi connectivity index (χ2n) is 5.76. The molecule has 0 nitrogen and oxygen atoms in total. The van der Waals surface area contributed by atoms with Gasteiger partial charge in [-0.3, -0.25) is 0 Å². The molecule has 0 fully saturated rings. The van der Waals surface area contributed by atoms with Gasteiger partial charge in [0.05, 0.1) is 0 Å². The van der Waals surface area contributed by atoms with Gasteiger partial charge >= 0.3 is 37.9 Å². The molecule has 0 aliphatic heterocycles. The standard InChI is InChI=1S/C17H22.2ClH.Zr/c1-3-5-12(2)16-9-8-15-10-13-6-4-7-14(13)11-17(15)16;;;/h9-12H,3-8H2,1-2H3;2*1H;/q;;;+2/p-2. The molecule has 2 aliphatic rings. The number of aryl methyl sites for hydroxylation is 2. The Hall–Kier alpha value is 0.423. The van der Waals surface area contributed by atoms with Crippen LogP contribution >= 0.6 is 17.0 Å². The molecule has 1 atom stereocenters. The minimum absolute atomic E-state index is 0.737. The van der Waals surface area contributed by atoms with Crippen LogP contribution in [0.15, 0.2) is 18.2 Å². The van der Waals surface area contributed by atoms with Crippen molar-refractivity contribution in [1.82, 2.24) is 0 Å². The van der Waals surface area contributed by atoms with Crippen molar-refractivity contribution in [3.8, 4) is 0 Å². The van der Waals surface area contributed by atoms with E-state index >= 15 is 0 Å². The van der Waals surface area contributed by atoms with Gasteiger partial charge in [0.1, 0.15) is 0 Å². The first-order valence-corrected chi connectivity index (χ1v) is 13.9. The molecule has 1 aromatic rings. The van der Waals surface area contributed by atoms with Crippen molar-refractivity contribution in [2.24, 2.45) is 5.92 Å². The van der Waals surface area contributed by atoms with Crippen molar-refractivity contribution in [3.63, 3.8) is 0 Å². The Bertz CT molecular complexity index is 494. The molecule has 108 valence electrons. The number of allylic oxidation sites excluding steroid dienone is 2. The van der Waals surface area contributed by atoms with Crippen LogP contribution in [-0.4, -0.2) is 0 Å². The molecule has 0 saturated carbocycles. The molecule has 1 unspecified atom stereocenters. The first kappa shape index (κ1) is 16.8. The van der Waals surface area contributed by atoms with Gasteiger partial charge in [0, 0.05) is 0 Å². The first-order chi connectivity index (χ1) is 9.71. The van der Waals surface area contributed by atoms with Crippen molar-refractivity contribution >= 4 is 22.6 Å². The van der Waals surface area contributed by atoms with Gasteiger partial charge in [0.25, 0.3) is 0 Å². The fraction of sp³-hybridized carbons (Fsp3) is 0.529. The van der Waals surface area contributed by atoms with E-state index in [9.17, 15) is 0 Å². The van der Waals surface area contributed by atoms with Gasteiger partial charge in [-0.1, -0.05) is 38.5 Å². The van der Waals surface area contributed by atoms with Gasteiger partial charge in [0.15, 0.2) is 0 Å². The predicted molar refractivity (Wildman–Crippen MR) is 85.9 cm³/mol. The van der Waals surface area contributed by atoms with Crippen LogP contribution in [0.3, 0.4) is 0 Å². The van der Waals surface area contributed by atoms with E-state index in [2.05, 4.69) is 32.1 Å². The topological polar surface area (TPSA) is 0 Å². The molecule has 0 spiro atoms. The molecule has 0 aromatic heterocycles. The minimum atomic E-state index is -0.826. The second-order valence-corrected chi connectivity index (χ2v) is 9.49. The molecule has 0 bridgehead atoms.